The van der Waals surface area contributed by atoms with Crippen molar-refractivity contribution in [3.8, 4) is 0 Å². The predicted molar refractivity (Wildman–Crippen MR) is 78.1 cm³/mol. The van der Waals surface area contributed by atoms with Gasteiger partial charge in [-0.15, -0.1) is 11.3 Å². The van der Waals surface area contributed by atoms with Crippen molar-refractivity contribution in [3.63, 3.8) is 0 Å². The third-order valence-corrected chi connectivity index (χ3v) is 4.62. The minimum Gasteiger partial charge on any atom is -0.312 e. The number of nitrogens with zero attached hydrogens (tertiary/aromatic N) is 2. The Hall–Kier alpha value is -0.450. The van der Waals surface area contributed by atoms with Crippen molar-refractivity contribution in [2.45, 2.75) is 52.1 Å². The molecule has 102 valence electrons. The number of nitrogens with one attached hydrogen (secondary N) is 1. The predicted octanol–water partition coefficient (Wildman–Crippen LogP) is 2.81. The molecule has 2 rings (SSSR count). The van der Waals surface area contributed by atoms with Crippen LogP contribution in [0.3, 0.4) is 0 Å². The largest absolute Gasteiger partial charge is 0.312 e. The summed E-state index contributed by atoms with van der Waals surface area (Å²) >= 11 is 1.79. The first-order chi connectivity index (χ1) is 8.75. The van der Waals surface area contributed by atoms with E-state index < -0.39 is 0 Å². The van der Waals surface area contributed by atoms with Crippen molar-refractivity contribution in [1.82, 2.24) is 15.2 Å². The number of aryl methyl sites for hydroxylation is 1. The summed E-state index contributed by atoms with van der Waals surface area (Å²) in [6, 6.07) is 0.794. The summed E-state index contributed by atoms with van der Waals surface area (Å²) in [6.45, 7) is 9.06. The van der Waals surface area contributed by atoms with Crippen molar-refractivity contribution < 1.29 is 0 Å². The second-order valence-corrected chi connectivity index (χ2v) is 6.58. The molecule has 1 aromatic heterocycles. The molecule has 1 fully saturated rings. The highest BCUT2D eigenvalue weighted by Gasteiger charge is 2.16. The third kappa shape index (κ3) is 4.34. The zero-order valence-corrected chi connectivity index (χ0v) is 12.4. The lowest BCUT2D eigenvalue weighted by atomic mass is 10.0. The lowest BCUT2D eigenvalue weighted by Crippen LogP contribution is -2.38. The first-order valence-corrected chi connectivity index (χ1v) is 7.93. The van der Waals surface area contributed by atoms with E-state index in [0.29, 0.717) is 0 Å². The summed E-state index contributed by atoms with van der Waals surface area (Å²) in [6.07, 6.45) is 7.42. The van der Waals surface area contributed by atoms with Crippen LogP contribution in [0.5, 0.6) is 0 Å². The van der Waals surface area contributed by atoms with Crippen LogP contribution in [0.1, 0.15) is 42.5 Å². The fraction of sp³-hybridized carbons (Fsp3) is 0.786. The molecular formula is C14H25N3S. The fourth-order valence-electron chi connectivity index (χ4n) is 2.60. The molecule has 1 atom stereocenters. The van der Waals surface area contributed by atoms with Crippen molar-refractivity contribution in [2.75, 3.05) is 19.6 Å². The molecule has 0 saturated carbocycles. The number of piperidine rings is 1. The van der Waals surface area contributed by atoms with E-state index in [-0.39, 0.29) is 0 Å². The molecule has 0 aliphatic carbocycles. The maximum absolute atomic E-state index is 4.27. The second-order valence-electron chi connectivity index (χ2n) is 5.26. The fourth-order valence-corrected chi connectivity index (χ4v) is 3.36. The highest BCUT2D eigenvalue weighted by atomic mass is 32.1. The number of hydrogen-bond donors (Lipinski definition) is 1. The quantitative estimate of drug-likeness (QED) is 0.803. The van der Waals surface area contributed by atoms with Gasteiger partial charge >= 0.3 is 0 Å². The maximum atomic E-state index is 4.27. The van der Waals surface area contributed by atoms with Crippen molar-refractivity contribution in [2.24, 2.45) is 0 Å². The maximum Gasteiger partial charge on any atom is 0.0897 e. The normalized spacial score (nSPS) is 21.3. The van der Waals surface area contributed by atoms with Gasteiger partial charge in [-0.25, -0.2) is 4.98 Å². The summed E-state index contributed by atoms with van der Waals surface area (Å²) in [5.41, 5.74) is 0. The average molecular weight is 267 g/mol. The van der Waals surface area contributed by atoms with Crippen LogP contribution in [0.4, 0.5) is 0 Å². The Morgan fingerprint density at radius 3 is 3.11 bits per heavy atom. The van der Waals surface area contributed by atoms with Gasteiger partial charge in [0.25, 0.3) is 0 Å². The molecule has 0 amide bonds. The van der Waals surface area contributed by atoms with Gasteiger partial charge in [0.05, 0.1) is 5.01 Å². The minimum absolute atomic E-state index is 0.794. The summed E-state index contributed by atoms with van der Waals surface area (Å²) in [5.74, 6) is 0. The summed E-state index contributed by atoms with van der Waals surface area (Å²) < 4.78 is 0. The van der Waals surface area contributed by atoms with Crippen molar-refractivity contribution >= 4 is 11.3 Å². The summed E-state index contributed by atoms with van der Waals surface area (Å²) in [7, 11) is 0. The van der Waals surface area contributed by atoms with E-state index in [1.54, 1.807) is 11.3 Å². The van der Waals surface area contributed by atoms with Crippen LogP contribution < -0.4 is 5.32 Å². The topological polar surface area (TPSA) is 28.2 Å². The van der Waals surface area contributed by atoms with Crippen LogP contribution in [0.25, 0.3) is 0 Å². The van der Waals surface area contributed by atoms with Crippen LogP contribution in [-0.2, 0) is 6.54 Å². The van der Waals surface area contributed by atoms with Crippen LogP contribution in [-0.4, -0.2) is 35.6 Å². The molecule has 4 heteroatoms. The summed E-state index contributed by atoms with van der Waals surface area (Å²) in [5, 5.41) is 4.67. The van der Waals surface area contributed by atoms with Gasteiger partial charge in [0.2, 0.25) is 0 Å². The van der Waals surface area contributed by atoms with Gasteiger partial charge in [-0.3, -0.25) is 0 Å². The molecule has 0 radical (unpaired) electrons. The lowest BCUT2D eigenvalue weighted by Gasteiger charge is -2.33. The molecule has 0 bridgehead atoms. The van der Waals surface area contributed by atoms with Gasteiger partial charge in [0.15, 0.2) is 0 Å². The Morgan fingerprint density at radius 1 is 1.50 bits per heavy atom. The Labute approximate surface area is 115 Å². The second kappa shape index (κ2) is 7.22. The average Bonchev–Trinajstić information content (AvgIpc) is 2.77. The van der Waals surface area contributed by atoms with E-state index >= 15 is 0 Å². The van der Waals surface area contributed by atoms with E-state index in [1.165, 1.54) is 43.6 Å². The highest BCUT2D eigenvalue weighted by Crippen LogP contribution is 2.16. The number of aromatic nitrogens is 1. The van der Waals surface area contributed by atoms with Crippen LogP contribution in [0, 0.1) is 6.92 Å². The van der Waals surface area contributed by atoms with Crippen molar-refractivity contribution in [1.29, 1.82) is 0 Å². The first-order valence-electron chi connectivity index (χ1n) is 7.12. The number of likely N-dealkylation sites (tertiary alicyclic amines) is 1. The molecular weight excluding hydrogens is 242 g/mol. The Kier molecular flexibility index (Phi) is 5.60. The zero-order chi connectivity index (χ0) is 12.8. The number of rotatable bonds is 6. The highest BCUT2D eigenvalue weighted by molar-refractivity contribution is 7.11. The first kappa shape index (κ1) is 14.0. The van der Waals surface area contributed by atoms with Gasteiger partial charge < -0.3 is 10.2 Å². The van der Waals surface area contributed by atoms with Gasteiger partial charge in [-0.05, 0) is 52.7 Å². The Morgan fingerprint density at radius 2 is 2.39 bits per heavy atom. The van der Waals surface area contributed by atoms with Gasteiger partial charge in [0.1, 0.15) is 0 Å². The molecule has 1 N–H and O–H groups in total. The van der Waals surface area contributed by atoms with E-state index in [2.05, 4.69) is 29.0 Å². The third-order valence-electron chi connectivity index (χ3n) is 3.71. The van der Waals surface area contributed by atoms with Crippen LogP contribution in [0.15, 0.2) is 6.20 Å². The molecule has 3 nitrogen and oxygen atoms in total. The van der Waals surface area contributed by atoms with Gasteiger partial charge in [0, 0.05) is 23.7 Å². The standard InChI is InChI=1S/C14H25N3S/c1-12-6-3-4-8-17(12)9-5-7-15-10-14-11-16-13(2)18-14/h11-12,15H,3-10H2,1-2H3. The van der Waals surface area contributed by atoms with E-state index in [1.807, 2.05) is 6.20 Å². The SMILES string of the molecule is Cc1ncc(CNCCCN2CCCCC2C)s1. The molecule has 1 unspecified atom stereocenters. The Balaban J connectivity index is 1.55. The van der Waals surface area contributed by atoms with E-state index in [9.17, 15) is 0 Å². The minimum atomic E-state index is 0.794. The van der Waals surface area contributed by atoms with E-state index in [4.69, 9.17) is 0 Å². The van der Waals surface area contributed by atoms with Gasteiger partial charge in [-0.1, -0.05) is 6.42 Å². The molecule has 0 aromatic carbocycles. The zero-order valence-electron chi connectivity index (χ0n) is 11.6. The lowest BCUT2D eigenvalue weighted by molar-refractivity contribution is 0.159. The molecule has 1 saturated heterocycles. The summed E-state index contributed by atoms with van der Waals surface area (Å²) in [4.78, 5) is 8.26. The molecule has 18 heavy (non-hydrogen) atoms. The smallest absolute Gasteiger partial charge is 0.0897 e. The Bertz CT molecular complexity index is 351. The number of hydrogen-bond acceptors (Lipinski definition) is 4. The van der Waals surface area contributed by atoms with Gasteiger partial charge in [-0.2, -0.15) is 0 Å². The van der Waals surface area contributed by atoms with Crippen LogP contribution >= 0.6 is 11.3 Å². The van der Waals surface area contributed by atoms with E-state index in [0.717, 1.165) is 24.1 Å². The molecule has 0 spiro atoms. The van der Waals surface area contributed by atoms with Crippen LogP contribution in [0.2, 0.25) is 0 Å². The molecule has 1 aromatic rings. The number of thiazole rings is 1. The molecule has 1 aliphatic rings. The van der Waals surface area contributed by atoms with Crippen molar-refractivity contribution in [3.05, 3.63) is 16.1 Å². The monoisotopic (exact) mass is 267 g/mol. The molecule has 1 aliphatic heterocycles. The molecule has 2 heterocycles.